The summed E-state index contributed by atoms with van der Waals surface area (Å²) >= 11 is 1.69. The number of ether oxygens (including phenoxy) is 1. The minimum absolute atomic E-state index is 0.00353. The first kappa shape index (κ1) is 28.8. The van der Waals surface area contributed by atoms with Gasteiger partial charge in [0.2, 0.25) is 11.8 Å². The Morgan fingerprint density at radius 3 is 2.67 bits per heavy atom. The van der Waals surface area contributed by atoms with Gasteiger partial charge in [-0.05, 0) is 50.9 Å². The first-order valence-electron chi connectivity index (χ1n) is 13.6. The van der Waals surface area contributed by atoms with Crippen LogP contribution in [0.15, 0.2) is 25.3 Å². The summed E-state index contributed by atoms with van der Waals surface area (Å²) in [5.41, 5.74) is 0. The van der Waals surface area contributed by atoms with Gasteiger partial charge in [0, 0.05) is 31.5 Å². The summed E-state index contributed by atoms with van der Waals surface area (Å²) < 4.78 is 5.03. The normalized spacial score (nSPS) is 30.4. The van der Waals surface area contributed by atoms with Crippen LogP contribution >= 0.6 is 11.8 Å². The van der Waals surface area contributed by atoms with Crippen LogP contribution in [0.2, 0.25) is 0 Å². The number of allylic oxidation sites excluding steroid dienone is 1. The van der Waals surface area contributed by atoms with E-state index in [0.717, 1.165) is 32.1 Å². The van der Waals surface area contributed by atoms with Crippen molar-refractivity contribution in [3.63, 3.8) is 0 Å². The lowest BCUT2D eigenvalue weighted by molar-refractivity contribution is -0.154. The van der Waals surface area contributed by atoms with Gasteiger partial charge in [-0.1, -0.05) is 32.4 Å². The fraction of sp³-hybridized carbons (Fsp3) is 0.750. The second-order valence-electron chi connectivity index (χ2n) is 10.4. The molecule has 3 rings (SSSR count). The Hall–Kier alpha value is -1.80. The van der Waals surface area contributed by atoms with Crippen LogP contribution in [0.25, 0.3) is 0 Å². The van der Waals surface area contributed by atoms with Gasteiger partial charge in [-0.3, -0.25) is 14.4 Å². The predicted octanol–water partition coefficient (Wildman–Crippen LogP) is 3.81. The van der Waals surface area contributed by atoms with Gasteiger partial charge in [0.25, 0.3) is 0 Å². The third kappa shape index (κ3) is 5.40. The number of unbranched alkanes of at least 4 members (excludes halogenated alkanes) is 4. The van der Waals surface area contributed by atoms with Crippen molar-refractivity contribution in [1.82, 2.24) is 9.80 Å². The molecule has 1 spiro atoms. The van der Waals surface area contributed by atoms with Gasteiger partial charge in [-0.15, -0.1) is 24.9 Å². The third-order valence-electron chi connectivity index (χ3n) is 8.05. The molecule has 8 heteroatoms. The number of carbonyl (C=O) groups is 3. The van der Waals surface area contributed by atoms with Crippen molar-refractivity contribution in [2.45, 2.75) is 81.3 Å². The van der Waals surface area contributed by atoms with E-state index >= 15 is 0 Å². The van der Waals surface area contributed by atoms with Crippen LogP contribution in [0.5, 0.6) is 0 Å². The Balaban J connectivity index is 1.93. The molecule has 3 heterocycles. The fourth-order valence-electron chi connectivity index (χ4n) is 6.34. The number of rotatable bonds is 16. The van der Waals surface area contributed by atoms with Crippen molar-refractivity contribution in [3.8, 4) is 0 Å². The van der Waals surface area contributed by atoms with Crippen LogP contribution in [0.4, 0.5) is 0 Å². The number of fused-ring (bicyclic) bond motifs is 1. The second kappa shape index (κ2) is 13.1. The zero-order chi connectivity index (χ0) is 26.3. The number of hydrogen-bond donors (Lipinski definition) is 1. The van der Waals surface area contributed by atoms with E-state index in [9.17, 15) is 19.5 Å². The molecule has 202 valence electrons. The van der Waals surface area contributed by atoms with Gasteiger partial charge in [0.1, 0.15) is 6.04 Å². The average Bonchev–Trinajstić information content (AvgIpc) is 3.45. The summed E-state index contributed by atoms with van der Waals surface area (Å²) in [7, 11) is 0. The molecule has 3 aliphatic rings. The van der Waals surface area contributed by atoms with Crippen molar-refractivity contribution in [2.24, 2.45) is 17.8 Å². The van der Waals surface area contributed by atoms with Crippen LogP contribution in [-0.2, 0) is 19.1 Å². The van der Waals surface area contributed by atoms with Gasteiger partial charge >= 0.3 is 5.97 Å². The van der Waals surface area contributed by atoms with Crippen molar-refractivity contribution in [2.75, 3.05) is 32.8 Å². The van der Waals surface area contributed by atoms with Crippen LogP contribution in [0, 0.1) is 17.8 Å². The quantitative estimate of drug-likeness (QED) is 0.189. The van der Waals surface area contributed by atoms with E-state index in [2.05, 4.69) is 27.0 Å². The minimum Gasteiger partial charge on any atom is -0.465 e. The number of likely N-dealkylation sites (tertiary alicyclic amines) is 1. The largest absolute Gasteiger partial charge is 0.465 e. The highest BCUT2D eigenvalue weighted by Gasteiger charge is 2.76. The molecule has 7 nitrogen and oxygen atoms in total. The van der Waals surface area contributed by atoms with E-state index in [1.165, 1.54) is 0 Å². The highest BCUT2D eigenvalue weighted by atomic mass is 32.2. The van der Waals surface area contributed by atoms with Crippen molar-refractivity contribution < 1.29 is 24.2 Å². The molecule has 3 fully saturated rings. The Morgan fingerprint density at radius 2 is 2.00 bits per heavy atom. The topological polar surface area (TPSA) is 87.2 Å². The van der Waals surface area contributed by atoms with E-state index in [4.69, 9.17) is 4.74 Å². The summed E-state index contributed by atoms with van der Waals surface area (Å²) in [4.78, 5) is 45.1. The van der Waals surface area contributed by atoms with E-state index in [0.29, 0.717) is 45.5 Å². The molecule has 0 saturated carbocycles. The maximum Gasteiger partial charge on any atom is 0.310 e. The van der Waals surface area contributed by atoms with Crippen LogP contribution in [0.3, 0.4) is 0 Å². The van der Waals surface area contributed by atoms with E-state index in [1.807, 2.05) is 4.90 Å². The first-order chi connectivity index (χ1) is 17.4. The Morgan fingerprint density at radius 1 is 1.22 bits per heavy atom. The number of carbonyl (C=O) groups excluding carboxylic acids is 3. The zero-order valence-corrected chi connectivity index (χ0v) is 22.8. The van der Waals surface area contributed by atoms with Crippen molar-refractivity contribution in [1.29, 1.82) is 0 Å². The van der Waals surface area contributed by atoms with Crippen LogP contribution in [0.1, 0.15) is 65.2 Å². The summed E-state index contributed by atoms with van der Waals surface area (Å²) in [5.74, 6) is -1.32. The molecule has 3 unspecified atom stereocenters. The standard InChI is InChI=1S/C28H44N2O5S/c1-5-8-13-18-35-27(34)22-21-19-20(4)28(36-21)23(22)25(32)30(16-11-10-12-17-31)24(28)26(33)29(14-7-3)15-9-6-2/h5,7,20-24,31H,1,3,6,8-19H2,2,4H3/t20?,21-,22+,23-,24?,28?/m0/s1. The average molecular weight is 521 g/mol. The molecule has 3 saturated heterocycles. The molecule has 0 radical (unpaired) electrons. The molecule has 36 heavy (non-hydrogen) atoms. The summed E-state index contributed by atoms with van der Waals surface area (Å²) in [6.45, 7) is 13.8. The first-order valence-corrected chi connectivity index (χ1v) is 14.5. The van der Waals surface area contributed by atoms with Crippen LogP contribution in [-0.4, -0.2) is 81.6 Å². The molecule has 2 bridgehead atoms. The summed E-state index contributed by atoms with van der Waals surface area (Å²) in [5, 5.41) is 9.20. The SMILES string of the molecule is C=CCCCOC(=O)[C@@H]1[C@@H]2CC(C)C3(S2)C(C(=O)N(CC=C)CCCC)N(CCCCCO)C(=O)[C@H]13. The number of hydrogen-bond acceptors (Lipinski definition) is 6. The molecule has 0 aromatic carbocycles. The number of amides is 2. The number of esters is 1. The Bertz CT molecular complexity index is 820. The van der Waals surface area contributed by atoms with Gasteiger partial charge in [0.05, 0.1) is 23.2 Å². The number of thioether (sulfide) groups is 1. The molecule has 2 amide bonds. The molecule has 0 aliphatic carbocycles. The summed E-state index contributed by atoms with van der Waals surface area (Å²) in [6, 6.07) is -0.593. The molecule has 1 N–H and O–H groups in total. The zero-order valence-electron chi connectivity index (χ0n) is 22.0. The maximum atomic E-state index is 14.2. The van der Waals surface area contributed by atoms with E-state index in [1.54, 1.807) is 28.8 Å². The van der Waals surface area contributed by atoms with Crippen molar-refractivity contribution in [3.05, 3.63) is 25.3 Å². The Labute approximate surface area is 220 Å². The van der Waals surface area contributed by atoms with Gasteiger partial charge in [-0.25, -0.2) is 0 Å². The van der Waals surface area contributed by atoms with Crippen molar-refractivity contribution >= 4 is 29.5 Å². The van der Waals surface area contributed by atoms with E-state index < -0.39 is 22.6 Å². The molecule has 6 atom stereocenters. The number of nitrogens with zero attached hydrogens (tertiary/aromatic N) is 2. The lowest BCUT2D eigenvalue weighted by Gasteiger charge is -2.40. The molecule has 3 aliphatic heterocycles. The van der Waals surface area contributed by atoms with Gasteiger partial charge in [-0.2, -0.15) is 0 Å². The lowest BCUT2D eigenvalue weighted by atomic mass is 9.66. The van der Waals surface area contributed by atoms with Gasteiger partial charge < -0.3 is 19.6 Å². The molecular formula is C28H44N2O5S. The maximum absolute atomic E-state index is 14.2. The number of aliphatic hydroxyl groups excluding tert-OH is 1. The number of aliphatic hydroxyl groups is 1. The second-order valence-corrected chi connectivity index (χ2v) is 11.9. The molecule has 0 aromatic rings. The smallest absolute Gasteiger partial charge is 0.310 e. The highest BCUT2D eigenvalue weighted by molar-refractivity contribution is 8.02. The fourth-order valence-corrected chi connectivity index (χ4v) is 8.75. The summed E-state index contributed by atoms with van der Waals surface area (Å²) in [6.07, 6.45) is 9.86. The molecule has 0 aromatic heterocycles. The third-order valence-corrected chi connectivity index (χ3v) is 10.1. The minimum atomic E-state index is -0.619. The predicted molar refractivity (Wildman–Crippen MR) is 143 cm³/mol. The highest BCUT2D eigenvalue weighted by Crippen LogP contribution is 2.68. The monoisotopic (exact) mass is 520 g/mol. The Kier molecular flexibility index (Phi) is 10.5. The molecular weight excluding hydrogens is 476 g/mol. The van der Waals surface area contributed by atoms with E-state index in [-0.39, 0.29) is 35.6 Å². The van der Waals surface area contributed by atoms with Crippen LogP contribution < -0.4 is 0 Å². The lowest BCUT2D eigenvalue weighted by Crippen LogP contribution is -2.57. The van der Waals surface area contributed by atoms with Gasteiger partial charge in [0.15, 0.2) is 0 Å².